The Morgan fingerprint density at radius 1 is 1.37 bits per heavy atom. The maximum absolute atomic E-state index is 12.1. The zero-order chi connectivity index (χ0) is 14.8. The fourth-order valence-electron chi connectivity index (χ4n) is 1.54. The number of aryl methyl sites for hydroxylation is 1. The molecule has 0 amide bonds. The van der Waals surface area contributed by atoms with Crippen molar-refractivity contribution in [3.8, 4) is 0 Å². The normalized spacial score (nSPS) is 13.3. The van der Waals surface area contributed by atoms with Crippen molar-refractivity contribution in [1.82, 2.24) is 4.72 Å². The van der Waals surface area contributed by atoms with Gasteiger partial charge in [0.25, 0.3) is 0 Å². The van der Waals surface area contributed by atoms with E-state index in [9.17, 15) is 13.2 Å². The number of aromatic carboxylic acids is 1. The molecule has 19 heavy (non-hydrogen) atoms. The first-order valence-electron chi connectivity index (χ1n) is 5.67. The van der Waals surface area contributed by atoms with Crippen molar-refractivity contribution >= 4 is 16.0 Å². The Morgan fingerprint density at radius 3 is 2.42 bits per heavy atom. The molecule has 0 aliphatic heterocycles. The van der Waals surface area contributed by atoms with Gasteiger partial charge in [-0.1, -0.05) is 0 Å². The topological polar surface area (TPSA) is 104 Å². The molecule has 0 saturated heterocycles. The summed E-state index contributed by atoms with van der Waals surface area (Å²) >= 11 is 0. The van der Waals surface area contributed by atoms with Gasteiger partial charge in [0.2, 0.25) is 10.0 Å². The number of aliphatic hydroxyl groups is 1. The zero-order valence-electron chi connectivity index (χ0n) is 11.0. The van der Waals surface area contributed by atoms with E-state index >= 15 is 0 Å². The summed E-state index contributed by atoms with van der Waals surface area (Å²) < 4.78 is 26.4. The summed E-state index contributed by atoms with van der Waals surface area (Å²) in [6.45, 7) is 4.58. The monoisotopic (exact) mass is 287 g/mol. The molecule has 0 saturated carbocycles. The Balaban J connectivity index is 3.29. The summed E-state index contributed by atoms with van der Waals surface area (Å²) in [7, 11) is -3.84. The Morgan fingerprint density at radius 2 is 1.95 bits per heavy atom. The quantitative estimate of drug-likeness (QED) is 0.738. The highest BCUT2D eigenvalue weighted by atomic mass is 32.2. The van der Waals surface area contributed by atoms with Crippen molar-refractivity contribution in [1.29, 1.82) is 0 Å². The molecule has 0 aromatic heterocycles. The summed E-state index contributed by atoms with van der Waals surface area (Å²) in [4.78, 5) is 10.9. The molecule has 6 nitrogen and oxygen atoms in total. The second-order valence-corrected chi connectivity index (χ2v) is 6.16. The van der Waals surface area contributed by atoms with Crippen molar-refractivity contribution in [2.75, 3.05) is 6.54 Å². The van der Waals surface area contributed by atoms with Crippen LogP contribution in [0.2, 0.25) is 0 Å². The summed E-state index contributed by atoms with van der Waals surface area (Å²) in [6.07, 6.45) is -0.821. The molecule has 0 heterocycles. The Labute approximate surface area is 112 Å². The highest BCUT2D eigenvalue weighted by Gasteiger charge is 2.20. The van der Waals surface area contributed by atoms with E-state index in [-0.39, 0.29) is 17.0 Å². The van der Waals surface area contributed by atoms with Gasteiger partial charge in [-0.2, -0.15) is 0 Å². The van der Waals surface area contributed by atoms with Crippen LogP contribution >= 0.6 is 0 Å². The second-order valence-electron chi connectivity index (χ2n) is 4.42. The van der Waals surface area contributed by atoms with Crippen molar-refractivity contribution in [2.24, 2.45) is 0 Å². The molecule has 0 radical (unpaired) electrons. The fourth-order valence-corrected chi connectivity index (χ4v) is 3.00. The van der Waals surface area contributed by atoms with Gasteiger partial charge >= 0.3 is 5.97 Å². The van der Waals surface area contributed by atoms with Gasteiger partial charge in [-0.25, -0.2) is 17.9 Å². The lowest BCUT2D eigenvalue weighted by molar-refractivity contribution is 0.0696. The van der Waals surface area contributed by atoms with Gasteiger partial charge in [-0.15, -0.1) is 0 Å². The van der Waals surface area contributed by atoms with Gasteiger partial charge in [-0.3, -0.25) is 0 Å². The fraction of sp³-hybridized carbons (Fsp3) is 0.417. The molecule has 0 bridgehead atoms. The minimum absolute atomic E-state index is 0.0782. The lowest BCUT2D eigenvalue weighted by Gasteiger charge is -2.13. The predicted molar refractivity (Wildman–Crippen MR) is 69.7 cm³/mol. The van der Waals surface area contributed by atoms with E-state index in [0.717, 1.165) is 6.07 Å². The van der Waals surface area contributed by atoms with Crippen LogP contribution in [0.15, 0.2) is 17.0 Å². The van der Waals surface area contributed by atoms with Crippen LogP contribution in [0.25, 0.3) is 0 Å². The number of carboxylic acids is 1. The van der Waals surface area contributed by atoms with E-state index in [4.69, 9.17) is 10.2 Å². The Bertz CT molecular complexity index is 592. The van der Waals surface area contributed by atoms with E-state index in [0.29, 0.717) is 11.1 Å². The first kappa shape index (κ1) is 15.6. The maximum atomic E-state index is 12.1. The Kier molecular flexibility index (Phi) is 4.67. The van der Waals surface area contributed by atoms with Crippen LogP contribution < -0.4 is 4.72 Å². The third-order valence-corrected chi connectivity index (χ3v) is 4.27. The van der Waals surface area contributed by atoms with E-state index in [1.54, 1.807) is 13.8 Å². The highest BCUT2D eigenvalue weighted by molar-refractivity contribution is 7.89. The zero-order valence-corrected chi connectivity index (χ0v) is 11.8. The molecular weight excluding hydrogens is 270 g/mol. The number of carbonyl (C=O) groups is 1. The van der Waals surface area contributed by atoms with Crippen LogP contribution in [0, 0.1) is 13.8 Å². The number of nitrogens with one attached hydrogen (secondary N) is 1. The van der Waals surface area contributed by atoms with Gasteiger partial charge in [0.1, 0.15) is 0 Å². The molecule has 1 rings (SSSR count). The highest BCUT2D eigenvalue weighted by Crippen LogP contribution is 2.21. The van der Waals surface area contributed by atoms with Crippen molar-refractivity contribution in [3.63, 3.8) is 0 Å². The van der Waals surface area contributed by atoms with Crippen molar-refractivity contribution in [2.45, 2.75) is 31.8 Å². The Hall–Kier alpha value is -1.44. The van der Waals surface area contributed by atoms with Gasteiger partial charge in [0, 0.05) is 6.54 Å². The number of aliphatic hydroxyl groups excluding tert-OH is 1. The molecule has 0 spiro atoms. The number of hydrogen-bond donors (Lipinski definition) is 3. The first-order valence-corrected chi connectivity index (χ1v) is 7.15. The molecule has 0 aliphatic rings. The number of hydrogen-bond acceptors (Lipinski definition) is 4. The third kappa shape index (κ3) is 3.76. The smallest absolute Gasteiger partial charge is 0.335 e. The lowest BCUT2D eigenvalue weighted by Crippen LogP contribution is -2.31. The molecule has 1 aromatic rings. The summed E-state index contributed by atoms with van der Waals surface area (Å²) in [5, 5.41) is 18.1. The first-order chi connectivity index (χ1) is 8.65. The summed E-state index contributed by atoms with van der Waals surface area (Å²) in [5.41, 5.74) is 0.987. The van der Waals surface area contributed by atoms with Gasteiger partial charge in [0.15, 0.2) is 0 Å². The molecule has 0 fully saturated rings. The molecule has 0 unspecified atom stereocenters. The number of rotatable bonds is 5. The van der Waals surface area contributed by atoms with Crippen LogP contribution in [0.5, 0.6) is 0 Å². The van der Waals surface area contributed by atoms with E-state index < -0.39 is 22.1 Å². The molecule has 7 heteroatoms. The summed E-state index contributed by atoms with van der Waals surface area (Å²) in [5.74, 6) is -1.19. The third-order valence-electron chi connectivity index (χ3n) is 2.72. The van der Waals surface area contributed by atoms with Crippen LogP contribution in [0.3, 0.4) is 0 Å². The number of sulfonamides is 1. The van der Waals surface area contributed by atoms with Crippen LogP contribution in [-0.4, -0.2) is 37.2 Å². The number of carboxylic acid groups (broad SMARTS) is 1. The van der Waals surface area contributed by atoms with Crippen LogP contribution in [-0.2, 0) is 10.0 Å². The van der Waals surface area contributed by atoms with Crippen LogP contribution in [0.4, 0.5) is 0 Å². The van der Waals surface area contributed by atoms with E-state index in [1.807, 2.05) is 0 Å². The minimum Gasteiger partial charge on any atom is -0.478 e. The minimum atomic E-state index is -3.84. The van der Waals surface area contributed by atoms with Gasteiger partial charge in [0.05, 0.1) is 16.6 Å². The largest absolute Gasteiger partial charge is 0.478 e. The number of benzene rings is 1. The molecule has 0 aliphatic carbocycles. The molecule has 1 aromatic carbocycles. The lowest BCUT2D eigenvalue weighted by atomic mass is 10.1. The molecule has 1 atom stereocenters. The standard InChI is InChI=1S/C12H17NO5S/c1-7-4-10(12(15)16)5-11(9(7)3)19(17,18)13-6-8(2)14/h4-5,8,13-14H,6H2,1-3H3,(H,15,16)/t8-/m0/s1. The molecular formula is C12H17NO5S. The summed E-state index contributed by atoms with van der Waals surface area (Å²) in [6, 6.07) is 2.54. The molecule has 106 valence electrons. The van der Waals surface area contributed by atoms with Gasteiger partial charge in [-0.05, 0) is 44.0 Å². The van der Waals surface area contributed by atoms with Crippen molar-refractivity contribution < 1.29 is 23.4 Å². The SMILES string of the molecule is Cc1cc(C(=O)O)cc(S(=O)(=O)NC[C@H](C)O)c1C. The van der Waals surface area contributed by atoms with Crippen molar-refractivity contribution in [3.05, 3.63) is 28.8 Å². The van der Waals surface area contributed by atoms with Crippen LogP contribution in [0.1, 0.15) is 28.4 Å². The average molecular weight is 287 g/mol. The second kappa shape index (κ2) is 5.68. The predicted octanol–water partition coefficient (Wildman–Crippen LogP) is 0.661. The van der Waals surface area contributed by atoms with Gasteiger partial charge < -0.3 is 10.2 Å². The maximum Gasteiger partial charge on any atom is 0.335 e. The average Bonchev–Trinajstić information content (AvgIpc) is 2.29. The molecule has 3 N–H and O–H groups in total. The van der Waals surface area contributed by atoms with E-state index in [2.05, 4.69) is 4.72 Å². The van der Waals surface area contributed by atoms with E-state index in [1.165, 1.54) is 13.0 Å².